The summed E-state index contributed by atoms with van der Waals surface area (Å²) in [6, 6.07) is 86.1. The van der Waals surface area contributed by atoms with E-state index < -0.39 is 5.41 Å². The summed E-state index contributed by atoms with van der Waals surface area (Å²) in [6.45, 7) is 0. The van der Waals surface area contributed by atoms with E-state index in [9.17, 15) is 0 Å². The Bertz CT molecular complexity index is 3380. The van der Waals surface area contributed by atoms with Crippen LogP contribution in [0.25, 0.3) is 66.1 Å². The molecule has 1 aliphatic rings. The average Bonchev–Trinajstić information content (AvgIpc) is 3.87. The van der Waals surface area contributed by atoms with Gasteiger partial charge in [-0.2, -0.15) is 0 Å². The molecule has 0 amide bonds. The molecule has 0 saturated carbocycles. The zero-order chi connectivity index (χ0) is 40.3. The first-order chi connectivity index (χ1) is 30.3. The van der Waals surface area contributed by atoms with Gasteiger partial charge >= 0.3 is 0 Å². The van der Waals surface area contributed by atoms with E-state index in [0.29, 0.717) is 0 Å². The molecule has 1 heterocycles. The van der Waals surface area contributed by atoms with E-state index >= 15 is 0 Å². The summed E-state index contributed by atoms with van der Waals surface area (Å²) in [7, 11) is 0. The third-order valence-corrected chi connectivity index (χ3v) is 12.7. The van der Waals surface area contributed by atoms with Gasteiger partial charge < -0.3 is 9.32 Å². The third kappa shape index (κ3) is 5.50. The van der Waals surface area contributed by atoms with Gasteiger partial charge in [-0.05, 0) is 110 Å². The van der Waals surface area contributed by atoms with Crippen LogP contribution in [0.2, 0.25) is 0 Å². The summed E-state index contributed by atoms with van der Waals surface area (Å²) in [5, 5.41) is 4.55. The van der Waals surface area contributed by atoms with E-state index in [1.54, 1.807) is 0 Å². The lowest BCUT2D eigenvalue weighted by molar-refractivity contribution is 0.673. The highest BCUT2D eigenvalue weighted by atomic mass is 16.3. The lowest BCUT2D eigenvalue weighted by atomic mass is 9.67. The van der Waals surface area contributed by atoms with Crippen LogP contribution in [-0.2, 0) is 5.41 Å². The minimum atomic E-state index is -0.522. The molecular weight excluding hydrogens is 739 g/mol. The van der Waals surface area contributed by atoms with Crippen LogP contribution in [0, 0.1) is 0 Å². The number of nitrogens with zero attached hydrogens (tertiary/aromatic N) is 1. The molecule has 1 aliphatic carbocycles. The van der Waals surface area contributed by atoms with Gasteiger partial charge in [-0.15, -0.1) is 0 Å². The van der Waals surface area contributed by atoms with Crippen molar-refractivity contribution >= 4 is 49.8 Å². The first-order valence-corrected chi connectivity index (χ1v) is 21.0. The van der Waals surface area contributed by atoms with Crippen LogP contribution in [0.4, 0.5) is 17.1 Å². The van der Waals surface area contributed by atoms with Crippen molar-refractivity contribution < 1.29 is 4.42 Å². The van der Waals surface area contributed by atoms with E-state index in [1.807, 2.05) is 0 Å². The molecule has 0 N–H and O–H groups in total. The monoisotopic (exact) mass is 777 g/mol. The van der Waals surface area contributed by atoms with Gasteiger partial charge in [0.2, 0.25) is 0 Å². The van der Waals surface area contributed by atoms with Gasteiger partial charge in [0.1, 0.15) is 11.2 Å². The summed E-state index contributed by atoms with van der Waals surface area (Å²) in [4.78, 5) is 2.43. The van der Waals surface area contributed by atoms with E-state index in [0.717, 1.165) is 61.1 Å². The Kier molecular flexibility index (Phi) is 8.11. The second kappa shape index (κ2) is 14.1. The smallest absolute Gasteiger partial charge is 0.143 e. The van der Waals surface area contributed by atoms with Crippen molar-refractivity contribution in [2.45, 2.75) is 5.41 Å². The molecule has 2 heteroatoms. The summed E-state index contributed by atoms with van der Waals surface area (Å²) in [5.74, 6) is 0. The normalized spacial score (nSPS) is 12.7. The number of rotatable bonds is 7. The largest absolute Gasteiger partial charge is 0.455 e. The molecule has 0 aliphatic heterocycles. The molecule has 0 atom stereocenters. The standard InChI is InChI=1S/C59H39NO/c1-4-17-40(18-5-1)42-20-14-26-46(37-42)60(47-27-15-21-43(38-47)49-30-16-32-56-57(49)53-35-33-41-19-10-11-28-50(41)58(53)61-56)48-34-36-52-51-29-12-13-31-54(51)59(55(52)39-48,44-22-6-2-7-23-44)45-24-8-3-9-25-45/h1-39H. The van der Waals surface area contributed by atoms with Crippen molar-refractivity contribution in [3.63, 3.8) is 0 Å². The van der Waals surface area contributed by atoms with Gasteiger partial charge in [-0.1, -0.05) is 188 Å². The summed E-state index contributed by atoms with van der Waals surface area (Å²) in [5.41, 5.74) is 16.7. The zero-order valence-electron chi connectivity index (χ0n) is 33.4. The summed E-state index contributed by atoms with van der Waals surface area (Å²) in [6.07, 6.45) is 0. The number of furan rings is 1. The fourth-order valence-corrected chi connectivity index (χ4v) is 10.1. The van der Waals surface area contributed by atoms with Gasteiger partial charge in [0.05, 0.1) is 5.41 Å². The van der Waals surface area contributed by atoms with Crippen LogP contribution in [0.1, 0.15) is 22.3 Å². The molecule has 12 rings (SSSR count). The van der Waals surface area contributed by atoms with Gasteiger partial charge in [0.15, 0.2) is 0 Å². The van der Waals surface area contributed by atoms with E-state index in [4.69, 9.17) is 4.42 Å². The number of anilines is 3. The highest BCUT2D eigenvalue weighted by Gasteiger charge is 2.46. The van der Waals surface area contributed by atoms with Crippen molar-refractivity contribution in [3.05, 3.63) is 259 Å². The predicted molar refractivity (Wildman–Crippen MR) is 254 cm³/mol. The SMILES string of the molecule is c1ccc(-c2cccc(N(c3cccc(-c4cccc5oc6c7ccccc7ccc6c45)c3)c3ccc4c(c3)C(c3ccccc3)(c3ccccc3)c3ccccc3-4)c2)cc1. The van der Waals surface area contributed by atoms with Crippen molar-refractivity contribution in [2.75, 3.05) is 4.90 Å². The van der Waals surface area contributed by atoms with Gasteiger partial charge in [-0.25, -0.2) is 0 Å². The Hall–Kier alpha value is -7.94. The van der Waals surface area contributed by atoms with Crippen molar-refractivity contribution in [3.8, 4) is 33.4 Å². The molecule has 61 heavy (non-hydrogen) atoms. The first kappa shape index (κ1) is 35.0. The molecule has 0 unspecified atom stereocenters. The Morgan fingerprint density at radius 3 is 1.69 bits per heavy atom. The maximum absolute atomic E-state index is 6.65. The Morgan fingerprint density at radius 1 is 0.344 bits per heavy atom. The second-order valence-corrected chi connectivity index (χ2v) is 16.0. The molecule has 0 bridgehead atoms. The maximum atomic E-state index is 6.65. The van der Waals surface area contributed by atoms with E-state index in [1.165, 1.54) is 44.3 Å². The van der Waals surface area contributed by atoms with Crippen molar-refractivity contribution in [1.29, 1.82) is 0 Å². The fraction of sp³-hybridized carbons (Fsp3) is 0.0169. The van der Waals surface area contributed by atoms with Crippen molar-refractivity contribution in [2.24, 2.45) is 0 Å². The lowest BCUT2D eigenvalue weighted by Crippen LogP contribution is -2.28. The third-order valence-electron chi connectivity index (χ3n) is 12.7. The Balaban J connectivity index is 1.10. The molecule has 0 radical (unpaired) electrons. The zero-order valence-corrected chi connectivity index (χ0v) is 33.4. The van der Waals surface area contributed by atoms with Crippen molar-refractivity contribution in [1.82, 2.24) is 0 Å². The molecule has 0 fully saturated rings. The highest BCUT2D eigenvalue weighted by Crippen LogP contribution is 2.57. The molecule has 0 spiro atoms. The molecule has 0 saturated heterocycles. The molecule has 11 aromatic rings. The van der Waals surface area contributed by atoms with Crippen LogP contribution in [-0.4, -0.2) is 0 Å². The fourth-order valence-electron chi connectivity index (χ4n) is 10.1. The van der Waals surface area contributed by atoms with E-state index in [2.05, 4.69) is 241 Å². The predicted octanol–water partition coefficient (Wildman–Crippen LogP) is 15.9. The molecule has 2 nitrogen and oxygen atoms in total. The molecule has 286 valence electrons. The van der Waals surface area contributed by atoms with Crippen LogP contribution in [0.3, 0.4) is 0 Å². The van der Waals surface area contributed by atoms with Crippen LogP contribution >= 0.6 is 0 Å². The van der Waals surface area contributed by atoms with Crippen LogP contribution in [0.15, 0.2) is 241 Å². The van der Waals surface area contributed by atoms with Crippen LogP contribution < -0.4 is 4.90 Å². The Morgan fingerprint density at radius 2 is 0.918 bits per heavy atom. The second-order valence-electron chi connectivity index (χ2n) is 16.0. The van der Waals surface area contributed by atoms with Gasteiger partial charge in [0.25, 0.3) is 0 Å². The maximum Gasteiger partial charge on any atom is 0.143 e. The average molecular weight is 778 g/mol. The summed E-state index contributed by atoms with van der Waals surface area (Å²) < 4.78 is 6.65. The quantitative estimate of drug-likeness (QED) is 0.160. The minimum Gasteiger partial charge on any atom is -0.455 e. The topological polar surface area (TPSA) is 16.4 Å². The minimum absolute atomic E-state index is 0.522. The highest BCUT2D eigenvalue weighted by molar-refractivity contribution is 6.19. The molecule has 10 aromatic carbocycles. The van der Waals surface area contributed by atoms with E-state index in [-0.39, 0.29) is 0 Å². The number of benzene rings is 10. The number of fused-ring (bicyclic) bond motifs is 8. The Labute approximate surface area is 355 Å². The first-order valence-electron chi connectivity index (χ1n) is 21.0. The number of hydrogen-bond donors (Lipinski definition) is 0. The van der Waals surface area contributed by atoms with Gasteiger partial charge in [0, 0.05) is 33.2 Å². The summed E-state index contributed by atoms with van der Waals surface area (Å²) >= 11 is 0. The number of hydrogen-bond acceptors (Lipinski definition) is 2. The molecular formula is C59H39NO. The lowest BCUT2D eigenvalue weighted by Gasteiger charge is -2.35. The van der Waals surface area contributed by atoms with Gasteiger partial charge in [-0.3, -0.25) is 0 Å². The van der Waals surface area contributed by atoms with Crippen LogP contribution in [0.5, 0.6) is 0 Å². The molecule has 1 aromatic heterocycles.